The van der Waals surface area contributed by atoms with Crippen LogP contribution in [0.15, 0.2) is 47.4 Å². The van der Waals surface area contributed by atoms with E-state index in [9.17, 15) is 13.2 Å². The second kappa shape index (κ2) is 6.81. The normalized spacial score (nSPS) is 17.2. The molecule has 1 heterocycles. The van der Waals surface area contributed by atoms with Crippen molar-refractivity contribution in [3.63, 3.8) is 0 Å². The molecular formula is C19H19N3O3S. The second-order valence-corrected chi connectivity index (χ2v) is 8.46. The number of nitrogens with zero attached hydrogens (tertiary/aromatic N) is 2. The molecule has 7 heteroatoms. The predicted octanol–water partition coefficient (Wildman–Crippen LogP) is 2.49. The van der Waals surface area contributed by atoms with E-state index >= 15 is 0 Å². The molecule has 1 saturated heterocycles. The average Bonchev–Trinajstić information content (AvgIpc) is 2.94. The van der Waals surface area contributed by atoms with Gasteiger partial charge in [0.05, 0.1) is 16.5 Å². The molecule has 2 aromatic carbocycles. The van der Waals surface area contributed by atoms with Crippen LogP contribution in [0.25, 0.3) is 0 Å². The van der Waals surface area contributed by atoms with E-state index in [2.05, 4.69) is 5.32 Å². The Morgan fingerprint density at radius 1 is 1.23 bits per heavy atom. The van der Waals surface area contributed by atoms with Gasteiger partial charge in [0.2, 0.25) is 5.91 Å². The van der Waals surface area contributed by atoms with Crippen molar-refractivity contribution in [2.75, 3.05) is 23.0 Å². The summed E-state index contributed by atoms with van der Waals surface area (Å²) >= 11 is 0. The smallest absolute Gasteiger partial charge is 0.249 e. The van der Waals surface area contributed by atoms with Crippen molar-refractivity contribution in [1.82, 2.24) is 0 Å². The Bertz CT molecular complexity index is 1010. The number of hydrogen-bond donors (Lipinski definition) is 1. The minimum atomic E-state index is -3.45. The molecule has 1 unspecified atom stereocenters. The third kappa shape index (κ3) is 3.70. The van der Waals surface area contributed by atoms with E-state index < -0.39 is 15.9 Å². The number of amides is 1. The maximum atomic E-state index is 12.7. The predicted molar refractivity (Wildman–Crippen MR) is 99.8 cm³/mol. The van der Waals surface area contributed by atoms with Gasteiger partial charge in [-0.1, -0.05) is 12.1 Å². The van der Waals surface area contributed by atoms with Crippen molar-refractivity contribution in [2.45, 2.75) is 24.3 Å². The lowest BCUT2D eigenvalue weighted by Crippen LogP contribution is -2.33. The van der Waals surface area contributed by atoms with Crippen LogP contribution in [-0.4, -0.2) is 33.2 Å². The summed E-state index contributed by atoms with van der Waals surface area (Å²) in [4.78, 5) is 14.5. The Hall–Kier alpha value is -2.85. The first kappa shape index (κ1) is 18.0. The molecule has 2 aromatic rings. The molecule has 1 N–H and O–H groups in total. The number of anilines is 2. The van der Waals surface area contributed by atoms with E-state index in [1.165, 1.54) is 12.1 Å². The summed E-state index contributed by atoms with van der Waals surface area (Å²) < 4.78 is 23.6. The van der Waals surface area contributed by atoms with Gasteiger partial charge in [0, 0.05) is 24.2 Å². The van der Waals surface area contributed by atoms with Gasteiger partial charge in [-0.15, -0.1) is 0 Å². The number of carbonyl (C=O) groups is 1. The third-order valence-corrected chi connectivity index (χ3v) is 5.42. The van der Waals surface area contributed by atoms with E-state index in [-0.39, 0.29) is 16.4 Å². The summed E-state index contributed by atoms with van der Waals surface area (Å²) in [5.41, 5.74) is 2.61. The number of benzene rings is 2. The summed E-state index contributed by atoms with van der Waals surface area (Å²) in [6, 6.07) is 13.6. The van der Waals surface area contributed by atoms with Crippen LogP contribution in [0, 0.1) is 18.3 Å². The molecule has 1 atom stereocenters. The van der Waals surface area contributed by atoms with E-state index in [0.717, 1.165) is 17.5 Å². The van der Waals surface area contributed by atoms with E-state index in [1.807, 2.05) is 37.3 Å². The lowest BCUT2D eigenvalue weighted by Gasteiger charge is -2.18. The van der Waals surface area contributed by atoms with Gasteiger partial charge in [0.1, 0.15) is 6.04 Å². The summed E-state index contributed by atoms with van der Waals surface area (Å²) in [7, 11) is -3.45. The highest BCUT2D eigenvalue weighted by Gasteiger charge is 2.32. The highest BCUT2D eigenvalue weighted by Crippen LogP contribution is 2.26. The summed E-state index contributed by atoms with van der Waals surface area (Å²) in [6.45, 7) is 2.55. The Morgan fingerprint density at radius 3 is 2.65 bits per heavy atom. The van der Waals surface area contributed by atoms with Crippen LogP contribution in [-0.2, 0) is 14.6 Å². The van der Waals surface area contributed by atoms with Crippen LogP contribution < -0.4 is 10.2 Å². The average molecular weight is 369 g/mol. The van der Waals surface area contributed by atoms with Crippen LogP contribution in [0.1, 0.15) is 17.5 Å². The molecule has 134 valence electrons. The van der Waals surface area contributed by atoms with Gasteiger partial charge in [0.25, 0.3) is 0 Å². The molecule has 1 aliphatic rings. The quantitative estimate of drug-likeness (QED) is 0.894. The molecule has 1 fully saturated rings. The molecule has 0 saturated carbocycles. The monoisotopic (exact) mass is 369 g/mol. The SMILES string of the molecule is Cc1cccc(N2CCC(Nc3cc(C#N)cc(S(C)(=O)=O)c3)C2=O)c1. The minimum absolute atomic E-state index is 0.0556. The van der Waals surface area contributed by atoms with Gasteiger partial charge < -0.3 is 10.2 Å². The van der Waals surface area contributed by atoms with E-state index in [0.29, 0.717) is 18.7 Å². The standard InChI is InChI=1S/C19H19N3O3S/c1-13-4-3-5-16(8-13)22-7-6-18(19(22)23)21-15-9-14(12-20)10-17(11-15)26(2,24)25/h3-5,8-11,18,21H,6-7H2,1-2H3. The maximum absolute atomic E-state index is 12.7. The molecule has 0 bridgehead atoms. The van der Waals surface area contributed by atoms with Crippen molar-refractivity contribution in [1.29, 1.82) is 5.26 Å². The third-order valence-electron chi connectivity index (χ3n) is 4.32. The van der Waals surface area contributed by atoms with Crippen LogP contribution in [0.5, 0.6) is 0 Å². The zero-order valence-corrected chi connectivity index (χ0v) is 15.4. The van der Waals surface area contributed by atoms with Gasteiger partial charge in [-0.25, -0.2) is 8.42 Å². The van der Waals surface area contributed by atoms with Gasteiger partial charge in [0.15, 0.2) is 9.84 Å². The molecule has 6 nitrogen and oxygen atoms in total. The number of hydrogen-bond acceptors (Lipinski definition) is 5. The van der Waals surface area contributed by atoms with E-state index in [4.69, 9.17) is 5.26 Å². The highest BCUT2D eigenvalue weighted by molar-refractivity contribution is 7.90. The first-order valence-corrected chi connectivity index (χ1v) is 10.1. The van der Waals surface area contributed by atoms with Gasteiger partial charge in [-0.2, -0.15) is 5.26 Å². The molecule has 0 radical (unpaired) electrons. The molecule has 3 rings (SSSR count). The van der Waals surface area contributed by atoms with Crippen LogP contribution in [0.2, 0.25) is 0 Å². The zero-order valence-electron chi connectivity index (χ0n) is 14.6. The van der Waals surface area contributed by atoms with Crippen molar-refractivity contribution in [2.24, 2.45) is 0 Å². The first-order chi connectivity index (χ1) is 12.3. The molecule has 0 aliphatic carbocycles. The van der Waals surface area contributed by atoms with Crippen molar-refractivity contribution in [3.05, 3.63) is 53.6 Å². The molecule has 1 aliphatic heterocycles. The molecule has 0 aromatic heterocycles. The van der Waals surface area contributed by atoms with Crippen molar-refractivity contribution >= 4 is 27.1 Å². The summed E-state index contributed by atoms with van der Waals surface area (Å²) in [6.07, 6.45) is 1.69. The number of aryl methyl sites for hydroxylation is 1. The molecule has 0 spiro atoms. The Kier molecular flexibility index (Phi) is 4.70. The topological polar surface area (TPSA) is 90.3 Å². The highest BCUT2D eigenvalue weighted by atomic mass is 32.2. The minimum Gasteiger partial charge on any atom is -0.374 e. The fraction of sp³-hybridized carbons (Fsp3) is 0.263. The van der Waals surface area contributed by atoms with Gasteiger partial charge >= 0.3 is 0 Å². The molecule has 1 amide bonds. The van der Waals surface area contributed by atoms with Crippen molar-refractivity contribution < 1.29 is 13.2 Å². The molecule has 26 heavy (non-hydrogen) atoms. The zero-order chi connectivity index (χ0) is 18.9. The van der Waals surface area contributed by atoms with Crippen LogP contribution in [0.4, 0.5) is 11.4 Å². The van der Waals surface area contributed by atoms with Crippen molar-refractivity contribution in [3.8, 4) is 6.07 Å². The fourth-order valence-corrected chi connectivity index (χ4v) is 3.71. The lowest BCUT2D eigenvalue weighted by atomic mass is 10.2. The van der Waals surface area contributed by atoms with Gasteiger partial charge in [-0.3, -0.25) is 4.79 Å². The largest absolute Gasteiger partial charge is 0.374 e. The summed E-state index contributed by atoms with van der Waals surface area (Å²) in [5.74, 6) is -0.0705. The first-order valence-electron chi connectivity index (χ1n) is 8.18. The fourth-order valence-electron chi connectivity index (χ4n) is 3.03. The Labute approximate surface area is 153 Å². The summed E-state index contributed by atoms with van der Waals surface area (Å²) in [5, 5.41) is 12.2. The number of nitriles is 1. The lowest BCUT2D eigenvalue weighted by molar-refractivity contribution is -0.117. The second-order valence-electron chi connectivity index (χ2n) is 6.44. The van der Waals surface area contributed by atoms with Crippen LogP contribution >= 0.6 is 0 Å². The van der Waals surface area contributed by atoms with Crippen LogP contribution in [0.3, 0.4) is 0 Å². The van der Waals surface area contributed by atoms with E-state index in [1.54, 1.807) is 11.0 Å². The number of sulfone groups is 1. The Balaban J connectivity index is 1.84. The maximum Gasteiger partial charge on any atom is 0.249 e. The van der Waals surface area contributed by atoms with Gasteiger partial charge in [-0.05, 0) is 49.2 Å². The Morgan fingerprint density at radius 2 is 2.00 bits per heavy atom. The molecular weight excluding hydrogens is 350 g/mol. The number of nitrogens with one attached hydrogen (secondary N) is 1. The number of carbonyl (C=O) groups excluding carboxylic acids is 1. The number of rotatable bonds is 4.